The van der Waals surface area contributed by atoms with Crippen molar-refractivity contribution < 1.29 is 4.79 Å². The molecule has 5 nitrogen and oxygen atoms in total. The summed E-state index contributed by atoms with van der Waals surface area (Å²) in [6, 6.07) is 3.69. The Balaban J connectivity index is 1.79. The number of hydrogen-bond acceptors (Lipinski definition) is 4. The molecule has 21 heavy (non-hydrogen) atoms. The van der Waals surface area contributed by atoms with Crippen LogP contribution in [-0.4, -0.2) is 49.0 Å². The average molecular weight is 290 g/mol. The first-order valence-corrected chi connectivity index (χ1v) is 7.85. The number of pyridine rings is 1. The summed E-state index contributed by atoms with van der Waals surface area (Å²) < 4.78 is 0. The third-order valence-corrected chi connectivity index (χ3v) is 3.86. The lowest BCUT2D eigenvalue weighted by Crippen LogP contribution is -2.39. The Kier molecular flexibility index (Phi) is 5.99. The van der Waals surface area contributed by atoms with E-state index in [9.17, 15) is 4.79 Å². The Morgan fingerprint density at radius 3 is 3.00 bits per heavy atom. The van der Waals surface area contributed by atoms with Crippen LogP contribution in [0.2, 0.25) is 0 Å². The number of rotatable bonds is 6. The van der Waals surface area contributed by atoms with E-state index in [2.05, 4.69) is 34.5 Å². The van der Waals surface area contributed by atoms with Crippen molar-refractivity contribution in [2.45, 2.75) is 26.2 Å². The lowest BCUT2D eigenvalue weighted by molar-refractivity contribution is 0.0936. The van der Waals surface area contributed by atoms with Crippen molar-refractivity contribution in [3.05, 3.63) is 23.9 Å². The lowest BCUT2D eigenvalue weighted by Gasteiger charge is -2.29. The first-order chi connectivity index (χ1) is 10.2. The van der Waals surface area contributed by atoms with E-state index in [0.29, 0.717) is 11.5 Å². The smallest absolute Gasteiger partial charge is 0.252 e. The van der Waals surface area contributed by atoms with E-state index in [1.807, 2.05) is 12.1 Å². The molecule has 1 aliphatic rings. The summed E-state index contributed by atoms with van der Waals surface area (Å²) in [5, 5.41) is 6.23. The highest BCUT2D eigenvalue weighted by atomic mass is 16.1. The molecule has 5 heteroatoms. The summed E-state index contributed by atoms with van der Waals surface area (Å²) in [6.07, 6.45) is 5.11. The summed E-state index contributed by atoms with van der Waals surface area (Å²) in [5.74, 6) is 1.35. The maximum absolute atomic E-state index is 12.1. The van der Waals surface area contributed by atoms with Gasteiger partial charge in [-0.15, -0.1) is 0 Å². The molecule has 1 amide bonds. The largest absolute Gasteiger partial charge is 0.370 e. The van der Waals surface area contributed by atoms with Crippen LogP contribution >= 0.6 is 0 Å². The second kappa shape index (κ2) is 7.98. The Morgan fingerprint density at radius 2 is 2.33 bits per heavy atom. The number of carbonyl (C=O) groups is 1. The maximum Gasteiger partial charge on any atom is 0.252 e. The molecule has 2 N–H and O–H groups in total. The molecule has 0 aliphatic carbocycles. The van der Waals surface area contributed by atoms with Gasteiger partial charge >= 0.3 is 0 Å². The van der Waals surface area contributed by atoms with E-state index in [0.717, 1.165) is 31.9 Å². The van der Waals surface area contributed by atoms with Crippen molar-refractivity contribution >= 4 is 11.7 Å². The van der Waals surface area contributed by atoms with Crippen LogP contribution in [-0.2, 0) is 0 Å². The van der Waals surface area contributed by atoms with Gasteiger partial charge in [-0.1, -0.05) is 6.92 Å². The van der Waals surface area contributed by atoms with Crippen molar-refractivity contribution in [3.8, 4) is 0 Å². The zero-order chi connectivity index (χ0) is 15.1. The molecular formula is C16H26N4O. The quantitative estimate of drug-likeness (QED) is 0.841. The van der Waals surface area contributed by atoms with Crippen molar-refractivity contribution in [1.29, 1.82) is 0 Å². The Hall–Kier alpha value is -1.62. The van der Waals surface area contributed by atoms with E-state index in [-0.39, 0.29) is 5.91 Å². The van der Waals surface area contributed by atoms with Gasteiger partial charge < -0.3 is 15.5 Å². The molecule has 1 aromatic heterocycles. The van der Waals surface area contributed by atoms with E-state index in [4.69, 9.17) is 0 Å². The van der Waals surface area contributed by atoms with E-state index in [1.165, 1.54) is 19.4 Å². The molecular weight excluding hydrogens is 264 g/mol. The van der Waals surface area contributed by atoms with Gasteiger partial charge in [0.25, 0.3) is 5.91 Å². The van der Waals surface area contributed by atoms with E-state index >= 15 is 0 Å². The minimum absolute atomic E-state index is 0.0298. The highest BCUT2D eigenvalue weighted by Crippen LogP contribution is 2.14. The maximum atomic E-state index is 12.1. The highest BCUT2D eigenvalue weighted by Gasteiger charge is 2.18. The van der Waals surface area contributed by atoms with Crippen LogP contribution < -0.4 is 10.6 Å². The second-order valence-corrected chi connectivity index (χ2v) is 5.84. The number of aromatic nitrogens is 1. The predicted molar refractivity (Wildman–Crippen MR) is 85.6 cm³/mol. The predicted octanol–water partition coefficient (Wildman–Crippen LogP) is 1.98. The summed E-state index contributed by atoms with van der Waals surface area (Å²) in [7, 11) is 2.14. The number of hydrogen-bond donors (Lipinski definition) is 2. The fourth-order valence-electron chi connectivity index (χ4n) is 2.66. The number of amides is 1. The Bertz CT molecular complexity index is 446. The molecule has 1 aromatic rings. The normalized spacial score (nSPS) is 19.2. The van der Waals surface area contributed by atoms with Crippen LogP contribution in [0.3, 0.4) is 0 Å². The minimum atomic E-state index is -0.0298. The third-order valence-electron chi connectivity index (χ3n) is 3.86. The fourth-order valence-corrected chi connectivity index (χ4v) is 2.66. The number of nitrogens with zero attached hydrogens (tertiary/aromatic N) is 2. The first kappa shape index (κ1) is 15.8. The van der Waals surface area contributed by atoms with Gasteiger partial charge in [0.05, 0.1) is 5.56 Å². The van der Waals surface area contributed by atoms with Crippen molar-refractivity contribution in [1.82, 2.24) is 15.2 Å². The van der Waals surface area contributed by atoms with E-state index < -0.39 is 0 Å². The van der Waals surface area contributed by atoms with Gasteiger partial charge in [-0.3, -0.25) is 4.79 Å². The number of carbonyl (C=O) groups excluding carboxylic acids is 1. The SMILES string of the molecule is CCCNc1ccc(C(=O)NCC2CCCN(C)C2)cn1. The molecule has 0 aromatic carbocycles. The standard InChI is InChI=1S/C16H26N4O/c1-3-8-17-15-7-6-14(11-18-15)16(21)19-10-13-5-4-9-20(2)12-13/h6-7,11,13H,3-5,8-10,12H2,1-2H3,(H,17,18)(H,19,21). The molecule has 1 aliphatic heterocycles. The van der Waals surface area contributed by atoms with Gasteiger partial charge in [-0.2, -0.15) is 0 Å². The summed E-state index contributed by atoms with van der Waals surface area (Å²) in [5.41, 5.74) is 0.626. The number of nitrogens with one attached hydrogen (secondary N) is 2. The molecule has 0 radical (unpaired) electrons. The van der Waals surface area contributed by atoms with Crippen LogP contribution in [0, 0.1) is 5.92 Å². The monoisotopic (exact) mass is 290 g/mol. The molecule has 1 fully saturated rings. The minimum Gasteiger partial charge on any atom is -0.370 e. The Labute approximate surface area is 127 Å². The number of likely N-dealkylation sites (tertiary alicyclic amines) is 1. The molecule has 0 spiro atoms. The van der Waals surface area contributed by atoms with Crippen molar-refractivity contribution in [2.24, 2.45) is 5.92 Å². The molecule has 2 rings (SSSR count). The number of anilines is 1. The van der Waals surface area contributed by atoms with Gasteiger partial charge in [-0.25, -0.2) is 4.98 Å². The summed E-state index contributed by atoms with van der Waals surface area (Å²) in [4.78, 5) is 18.7. The van der Waals surface area contributed by atoms with Crippen LogP contribution in [0.1, 0.15) is 36.5 Å². The molecule has 116 valence electrons. The Morgan fingerprint density at radius 1 is 1.48 bits per heavy atom. The van der Waals surface area contributed by atoms with Gasteiger partial charge in [-0.05, 0) is 50.9 Å². The first-order valence-electron chi connectivity index (χ1n) is 7.85. The average Bonchev–Trinajstić information content (AvgIpc) is 2.51. The molecule has 0 bridgehead atoms. The summed E-state index contributed by atoms with van der Waals surface area (Å²) in [6.45, 7) is 5.99. The highest BCUT2D eigenvalue weighted by molar-refractivity contribution is 5.94. The topological polar surface area (TPSA) is 57.3 Å². The van der Waals surface area contributed by atoms with Crippen molar-refractivity contribution in [2.75, 3.05) is 38.5 Å². The molecule has 1 saturated heterocycles. The van der Waals surface area contributed by atoms with Crippen LogP contribution in [0.15, 0.2) is 18.3 Å². The van der Waals surface area contributed by atoms with Crippen LogP contribution in [0.5, 0.6) is 0 Å². The van der Waals surface area contributed by atoms with Gasteiger partial charge in [0.2, 0.25) is 0 Å². The zero-order valence-corrected chi connectivity index (χ0v) is 13.1. The van der Waals surface area contributed by atoms with E-state index in [1.54, 1.807) is 6.20 Å². The zero-order valence-electron chi connectivity index (χ0n) is 13.1. The molecule has 1 atom stereocenters. The van der Waals surface area contributed by atoms with Gasteiger partial charge in [0.1, 0.15) is 5.82 Å². The molecule has 0 saturated carbocycles. The lowest BCUT2D eigenvalue weighted by atomic mass is 9.98. The molecule has 2 heterocycles. The van der Waals surface area contributed by atoms with Gasteiger partial charge in [0.15, 0.2) is 0 Å². The third kappa shape index (κ3) is 5.01. The molecule has 1 unspecified atom stereocenters. The van der Waals surface area contributed by atoms with Crippen LogP contribution in [0.4, 0.5) is 5.82 Å². The van der Waals surface area contributed by atoms with Gasteiger partial charge in [0, 0.05) is 25.8 Å². The van der Waals surface area contributed by atoms with Crippen molar-refractivity contribution in [3.63, 3.8) is 0 Å². The number of piperidine rings is 1. The van der Waals surface area contributed by atoms with Crippen LogP contribution in [0.25, 0.3) is 0 Å². The fraction of sp³-hybridized carbons (Fsp3) is 0.625. The second-order valence-electron chi connectivity index (χ2n) is 5.84. The summed E-state index contributed by atoms with van der Waals surface area (Å²) >= 11 is 0.